The molecule has 76 valence electrons. The second-order valence-electron chi connectivity index (χ2n) is 2.87. The number of nitrogens with two attached hydrogens (primary N) is 1. The summed E-state index contributed by atoms with van der Waals surface area (Å²) in [6.07, 6.45) is -0.379. The quantitative estimate of drug-likeness (QED) is 0.501. The van der Waals surface area contributed by atoms with Crippen LogP contribution in [0.1, 0.15) is 13.8 Å². The number of hydrogen-bond donors (Lipinski definition) is 2. The molecule has 0 heterocycles. The first-order valence-corrected chi connectivity index (χ1v) is 4.19. The monoisotopic (exact) mass is 187 g/mol. The summed E-state index contributed by atoms with van der Waals surface area (Å²) in [5.41, 5.74) is 5.29. The summed E-state index contributed by atoms with van der Waals surface area (Å²) in [6.45, 7) is 4.64. The molecule has 3 N–H and O–H groups in total. The van der Waals surface area contributed by atoms with Crippen molar-refractivity contribution in [2.75, 3.05) is 20.2 Å². The average Bonchev–Trinajstić information content (AvgIpc) is 2.12. The van der Waals surface area contributed by atoms with Crippen LogP contribution in [-0.2, 0) is 4.74 Å². The molecule has 0 aromatic heterocycles. The number of carbonyl (C=O) groups excluding carboxylic acids is 1. The zero-order valence-corrected chi connectivity index (χ0v) is 8.33. The number of ether oxygens (including phenoxy) is 1. The molecule has 13 heavy (non-hydrogen) atoms. The number of rotatable bonds is 4. The van der Waals surface area contributed by atoms with E-state index < -0.39 is 0 Å². The van der Waals surface area contributed by atoms with Gasteiger partial charge in [-0.25, -0.2) is 4.79 Å². The Morgan fingerprint density at radius 2 is 2.23 bits per heavy atom. The molecular formula is C8H17N3O2. The normalized spacial score (nSPS) is 11.9. The highest BCUT2D eigenvalue weighted by Crippen LogP contribution is 2.00. The molecule has 0 aromatic rings. The van der Waals surface area contributed by atoms with Gasteiger partial charge in [-0.05, 0) is 6.92 Å². The summed E-state index contributed by atoms with van der Waals surface area (Å²) in [5, 5.41) is 7.17. The van der Waals surface area contributed by atoms with Crippen LogP contribution in [0.4, 0.5) is 4.79 Å². The predicted octanol–water partition coefficient (Wildman–Crippen LogP) is 0.647. The molecule has 0 aliphatic rings. The summed E-state index contributed by atoms with van der Waals surface area (Å²) < 4.78 is 4.56. The van der Waals surface area contributed by atoms with Gasteiger partial charge >= 0.3 is 6.09 Å². The molecule has 0 saturated carbocycles. The van der Waals surface area contributed by atoms with Gasteiger partial charge in [0.15, 0.2) is 0 Å². The van der Waals surface area contributed by atoms with Crippen LogP contribution in [0.25, 0.3) is 0 Å². The third kappa shape index (κ3) is 3.78. The lowest BCUT2D eigenvalue weighted by Crippen LogP contribution is -2.38. The van der Waals surface area contributed by atoms with Crippen molar-refractivity contribution in [1.29, 1.82) is 5.41 Å². The molecule has 0 aliphatic heterocycles. The van der Waals surface area contributed by atoms with Crippen molar-refractivity contribution >= 4 is 11.9 Å². The average molecular weight is 187 g/mol. The van der Waals surface area contributed by atoms with Gasteiger partial charge in [-0.1, -0.05) is 6.92 Å². The van der Waals surface area contributed by atoms with Gasteiger partial charge in [0.05, 0.1) is 12.9 Å². The largest absolute Gasteiger partial charge is 0.453 e. The van der Waals surface area contributed by atoms with E-state index in [0.717, 1.165) is 0 Å². The van der Waals surface area contributed by atoms with E-state index in [1.165, 1.54) is 12.0 Å². The van der Waals surface area contributed by atoms with E-state index in [9.17, 15) is 4.79 Å². The maximum atomic E-state index is 11.1. The highest BCUT2D eigenvalue weighted by atomic mass is 16.5. The van der Waals surface area contributed by atoms with Crippen LogP contribution in [0, 0.1) is 11.3 Å². The number of amidine groups is 1. The van der Waals surface area contributed by atoms with Gasteiger partial charge in [-0.2, -0.15) is 0 Å². The van der Waals surface area contributed by atoms with Crippen LogP contribution >= 0.6 is 0 Å². The van der Waals surface area contributed by atoms with E-state index in [2.05, 4.69) is 4.74 Å². The van der Waals surface area contributed by atoms with E-state index in [4.69, 9.17) is 11.1 Å². The lowest BCUT2D eigenvalue weighted by atomic mass is 10.1. The Kier molecular flexibility index (Phi) is 4.87. The third-order valence-corrected chi connectivity index (χ3v) is 1.84. The Morgan fingerprint density at radius 3 is 2.54 bits per heavy atom. The van der Waals surface area contributed by atoms with Crippen molar-refractivity contribution < 1.29 is 9.53 Å². The lowest BCUT2D eigenvalue weighted by molar-refractivity contribution is 0.123. The minimum atomic E-state index is -0.379. The summed E-state index contributed by atoms with van der Waals surface area (Å²) in [7, 11) is 1.34. The van der Waals surface area contributed by atoms with Crippen molar-refractivity contribution in [3.05, 3.63) is 0 Å². The van der Waals surface area contributed by atoms with E-state index in [1.807, 2.05) is 6.92 Å². The molecule has 0 radical (unpaired) electrons. The highest BCUT2D eigenvalue weighted by molar-refractivity contribution is 5.80. The van der Waals surface area contributed by atoms with E-state index in [1.54, 1.807) is 6.92 Å². The zero-order valence-electron chi connectivity index (χ0n) is 8.33. The molecule has 5 heteroatoms. The Morgan fingerprint density at radius 1 is 1.69 bits per heavy atom. The van der Waals surface area contributed by atoms with Crippen molar-refractivity contribution in [2.45, 2.75) is 13.8 Å². The fourth-order valence-corrected chi connectivity index (χ4v) is 0.891. The smallest absolute Gasteiger partial charge is 0.409 e. The van der Waals surface area contributed by atoms with Crippen LogP contribution in [0.2, 0.25) is 0 Å². The number of hydrogen-bond acceptors (Lipinski definition) is 3. The van der Waals surface area contributed by atoms with E-state index in [0.29, 0.717) is 13.1 Å². The maximum absolute atomic E-state index is 11.1. The zero-order chi connectivity index (χ0) is 10.4. The van der Waals surface area contributed by atoms with Gasteiger partial charge < -0.3 is 15.4 Å². The second kappa shape index (κ2) is 5.40. The minimum Gasteiger partial charge on any atom is -0.453 e. The molecule has 1 atom stereocenters. The van der Waals surface area contributed by atoms with Crippen LogP contribution < -0.4 is 5.73 Å². The number of nitrogens with one attached hydrogen (secondary N) is 1. The van der Waals surface area contributed by atoms with Crippen molar-refractivity contribution in [3.8, 4) is 0 Å². The van der Waals surface area contributed by atoms with E-state index in [-0.39, 0.29) is 17.8 Å². The van der Waals surface area contributed by atoms with Gasteiger partial charge in [0, 0.05) is 19.0 Å². The molecule has 0 saturated heterocycles. The summed E-state index contributed by atoms with van der Waals surface area (Å²) in [6, 6.07) is 0. The number of carbonyl (C=O) groups is 1. The molecule has 5 nitrogen and oxygen atoms in total. The molecule has 0 fully saturated rings. The molecular weight excluding hydrogens is 170 g/mol. The summed E-state index contributed by atoms with van der Waals surface area (Å²) in [4.78, 5) is 12.6. The molecule has 1 amide bonds. The van der Waals surface area contributed by atoms with Gasteiger partial charge in [0.25, 0.3) is 0 Å². The molecule has 1 unspecified atom stereocenters. The Hall–Kier alpha value is -1.26. The second-order valence-corrected chi connectivity index (χ2v) is 2.87. The molecule has 0 aliphatic carbocycles. The fraction of sp³-hybridized carbons (Fsp3) is 0.750. The standard InChI is InChI=1S/C8H17N3O2/c1-4-11(8(12)13-3)5-6(2)7(9)10/h6H,4-5H2,1-3H3,(H3,9,10). The van der Waals surface area contributed by atoms with Crippen LogP contribution in [-0.4, -0.2) is 37.0 Å². The van der Waals surface area contributed by atoms with E-state index >= 15 is 0 Å². The first kappa shape index (κ1) is 11.7. The van der Waals surface area contributed by atoms with Gasteiger partial charge in [-0.3, -0.25) is 5.41 Å². The molecule has 0 spiro atoms. The maximum Gasteiger partial charge on any atom is 0.409 e. The van der Waals surface area contributed by atoms with Crippen LogP contribution in [0.5, 0.6) is 0 Å². The van der Waals surface area contributed by atoms with Crippen molar-refractivity contribution in [3.63, 3.8) is 0 Å². The Labute approximate surface area is 78.4 Å². The number of amides is 1. The first-order valence-electron chi connectivity index (χ1n) is 4.19. The molecule has 0 rings (SSSR count). The summed E-state index contributed by atoms with van der Waals surface area (Å²) >= 11 is 0. The molecule has 0 aromatic carbocycles. The minimum absolute atomic E-state index is 0.0855. The summed E-state index contributed by atoms with van der Waals surface area (Å²) in [5.74, 6) is -0.0404. The van der Waals surface area contributed by atoms with Crippen molar-refractivity contribution in [2.24, 2.45) is 11.7 Å². The Bertz CT molecular complexity index is 194. The topological polar surface area (TPSA) is 79.4 Å². The number of nitrogens with zero attached hydrogens (tertiary/aromatic N) is 1. The van der Waals surface area contributed by atoms with Gasteiger partial charge in [-0.15, -0.1) is 0 Å². The lowest BCUT2D eigenvalue weighted by Gasteiger charge is -2.22. The highest BCUT2D eigenvalue weighted by Gasteiger charge is 2.16. The van der Waals surface area contributed by atoms with Crippen LogP contribution in [0.15, 0.2) is 0 Å². The Balaban J connectivity index is 4.12. The van der Waals surface area contributed by atoms with Gasteiger partial charge in [0.1, 0.15) is 0 Å². The van der Waals surface area contributed by atoms with Crippen LogP contribution in [0.3, 0.4) is 0 Å². The van der Waals surface area contributed by atoms with Gasteiger partial charge in [0.2, 0.25) is 0 Å². The van der Waals surface area contributed by atoms with Crippen molar-refractivity contribution in [1.82, 2.24) is 4.90 Å². The fourth-order valence-electron chi connectivity index (χ4n) is 0.891. The SMILES string of the molecule is CCN(CC(C)C(=N)N)C(=O)OC. The first-order chi connectivity index (χ1) is 6.02. The third-order valence-electron chi connectivity index (χ3n) is 1.84. The number of methoxy groups -OCH3 is 1. The molecule has 0 bridgehead atoms. The predicted molar refractivity (Wildman–Crippen MR) is 50.7 cm³/mol.